The van der Waals surface area contributed by atoms with Crippen molar-refractivity contribution in [2.45, 2.75) is 10.9 Å². The number of halogens is 3. The Kier molecular flexibility index (Phi) is 4.28. The molecule has 27 heavy (non-hydrogen) atoms. The molecule has 4 nitrogen and oxygen atoms in total. The molecule has 1 aliphatic rings. The zero-order chi connectivity index (χ0) is 19.4. The molecule has 0 bridgehead atoms. The van der Waals surface area contributed by atoms with Gasteiger partial charge < -0.3 is 4.74 Å². The zero-order valence-corrected chi connectivity index (χ0v) is 17.0. The molecule has 0 N–H and O–H groups in total. The van der Waals surface area contributed by atoms with Crippen LogP contribution < -0.4 is 9.04 Å². The second kappa shape index (κ2) is 6.29. The number of thiophene rings is 1. The molecule has 3 aromatic rings. The Morgan fingerprint density at radius 1 is 1.11 bits per heavy atom. The summed E-state index contributed by atoms with van der Waals surface area (Å²) in [5, 5.41) is 0. The van der Waals surface area contributed by atoms with Crippen LogP contribution in [0.3, 0.4) is 0 Å². The maximum atomic E-state index is 15.4. The molecule has 0 spiro atoms. The highest BCUT2D eigenvalue weighted by Crippen LogP contribution is 2.55. The molecule has 140 valence electrons. The number of fused-ring (bicyclic) bond motifs is 3. The SMILES string of the molecule is COc1ccc(S(=O)(=O)N2c3cc(Br)sc3-c3ccccc3C2(F)F)cc1. The molecule has 9 heteroatoms. The van der Waals surface area contributed by atoms with Gasteiger partial charge in [-0.1, -0.05) is 24.3 Å². The first-order valence-electron chi connectivity index (χ1n) is 7.73. The van der Waals surface area contributed by atoms with Crippen LogP contribution in [0.5, 0.6) is 5.75 Å². The van der Waals surface area contributed by atoms with Gasteiger partial charge in [-0.2, -0.15) is 13.1 Å². The van der Waals surface area contributed by atoms with Gasteiger partial charge >= 0.3 is 6.05 Å². The van der Waals surface area contributed by atoms with E-state index >= 15 is 8.78 Å². The highest BCUT2D eigenvalue weighted by Gasteiger charge is 2.52. The third-order valence-corrected chi connectivity index (χ3v) is 7.68. The van der Waals surface area contributed by atoms with Gasteiger partial charge in [-0.05, 0) is 46.3 Å². The Morgan fingerprint density at radius 2 is 1.78 bits per heavy atom. The smallest absolute Gasteiger partial charge is 0.366 e. The maximum Gasteiger partial charge on any atom is 0.366 e. The molecular weight excluding hydrogens is 460 g/mol. The molecule has 0 unspecified atom stereocenters. The number of nitrogens with zero attached hydrogens (tertiary/aromatic N) is 1. The Balaban J connectivity index is 1.96. The first-order chi connectivity index (χ1) is 12.8. The molecule has 2 heterocycles. The van der Waals surface area contributed by atoms with Crippen molar-refractivity contribution in [3.05, 3.63) is 63.9 Å². The Hall–Kier alpha value is -1.97. The van der Waals surface area contributed by atoms with Crippen LogP contribution in [-0.2, 0) is 16.1 Å². The van der Waals surface area contributed by atoms with Crippen LogP contribution in [0.2, 0.25) is 0 Å². The molecule has 0 fully saturated rings. The molecule has 4 rings (SSSR count). The Morgan fingerprint density at radius 3 is 2.44 bits per heavy atom. The zero-order valence-electron chi connectivity index (χ0n) is 13.8. The van der Waals surface area contributed by atoms with Crippen LogP contribution in [-0.4, -0.2) is 15.5 Å². The number of ether oxygens (including phenoxy) is 1. The summed E-state index contributed by atoms with van der Waals surface area (Å²) in [5.41, 5.74) is -0.0651. The van der Waals surface area contributed by atoms with Crippen LogP contribution >= 0.6 is 27.3 Å². The van der Waals surface area contributed by atoms with Gasteiger partial charge in [0.1, 0.15) is 5.75 Å². The summed E-state index contributed by atoms with van der Waals surface area (Å²) in [6.07, 6.45) is 0. The van der Waals surface area contributed by atoms with Crippen molar-refractivity contribution in [2.24, 2.45) is 0 Å². The predicted octanol–water partition coefficient (Wildman–Crippen LogP) is 5.44. The van der Waals surface area contributed by atoms with Crippen molar-refractivity contribution in [1.82, 2.24) is 0 Å². The van der Waals surface area contributed by atoms with Crippen LogP contribution in [0, 0.1) is 0 Å². The molecular formula is C18H12BrF2NO3S2. The average molecular weight is 472 g/mol. The minimum Gasteiger partial charge on any atom is -0.497 e. The average Bonchev–Trinajstić information content (AvgIpc) is 3.02. The predicted molar refractivity (Wildman–Crippen MR) is 104 cm³/mol. The third-order valence-electron chi connectivity index (χ3n) is 4.25. The lowest BCUT2D eigenvalue weighted by molar-refractivity contribution is 0.00907. The number of alkyl halides is 2. The highest BCUT2D eigenvalue weighted by atomic mass is 79.9. The van der Waals surface area contributed by atoms with E-state index in [2.05, 4.69) is 15.9 Å². The van der Waals surface area contributed by atoms with Crippen molar-refractivity contribution in [1.29, 1.82) is 0 Å². The fourth-order valence-electron chi connectivity index (χ4n) is 3.03. The normalized spacial score (nSPS) is 15.2. The van der Waals surface area contributed by atoms with Crippen molar-refractivity contribution in [2.75, 3.05) is 11.4 Å². The van der Waals surface area contributed by atoms with E-state index in [1.165, 1.54) is 60.9 Å². The van der Waals surface area contributed by atoms with E-state index < -0.39 is 16.1 Å². The van der Waals surface area contributed by atoms with Crippen LogP contribution in [0.15, 0.2) is 63.3 Å². The first-order valence-corrected chi connectivity index (χ1v) is 10.8. The lowest BCUT2D eigenvalue weighted by atomic mass is 10.00. The van der Waals surface area contributed by atoms with Crippen molar-refractivity contribution in [3.8, 4) is 16.2 Å². The van der Waals surface area contributed by atoms with Gasteiger partial charge in [0.15, 0.2) is 0 Å². The van der Waals surface area contributed by atoms with E-state index in [-0.39, 0.29) is 20.5 Å². The number of sulfonamides is 1. The second-order valence-corrected chi connectivity index (χ2v) is 10.0. The second-order valence-electron chi connectivity index (χ2n) is 5.80. The van der Waals surface area contributed by atoms with E-state index in [9.17, 15) is 8.42 Å². The molecule has 0 saturated heterocycles. The summed E-state index contributed by atoms with van der Waals surface area (Å²) in [5.74, 6) is 0.434. The van der Waals surface area contributed by atoms with E-state index in [1.54, 1.807) is 12.1 Å². The summed E-state index contributed by atoms with van der Waals surface area (Å²) in [7, 11) is -3.08. The molecule has 0 aliphatic carbocycles. The summed E-state index contributed by atoms with van der Waals surface area (Å²) in [4.78, 5) is 0.233. The summed E-state index contributed by atoms with van der Waals surface area (Å²) < 4.78 is 62.9. The van der Waals surface area contributed by atoms with Gasteiger partial charge in [0, 0.05) is 5.56 Å². The summed E-state index contributed by atoms with van der Waals surface area (Å²) in [6, 6.07) is 8.98. The lowest BCUT2D eigenvalue weighted by Crippen LogP contribution is -2.46. The summed E-state index contributed by atoms with van der Waals surface area (Å²) in [6.45, 7) is 0. The summed E-state index contributed by atoms with van der Waals surface area (Å²) >= 11 is 4.50. The van der Waals surface area contributed by atoms with Gasteiger partial charge in [0.05, 0.1) is 31.9 Å². The molecule has 0 saturated carbocycles. The minimum atomic E-state index is -4.52. The van der Waals surface area contributed by atoms with Crippen LogP contribution in [0.25, 0.3) is 10.4 Å². The van der Waals surface area contributed by atoms with Gasteiger partial charge in [-0.3, -0.25) is 0 Å². The number of benzene rings is 2. The van der Waals surface area contributed by atoms with Gasteiger partial charge in [-0.25, -0.2) is 8.42 Å². The first kappa shape index (κ1) is 18.4. The largest absolute Gasteiger partial charge is 0.497 e. The van der Waals surface area contributed by atoms with E-state index in [4.69, 9.17) is 4.74 Å². The number of hydrogen-bond acceptors (Lipinski definition) is 4. The topological polar surface area (TPSA) is 46.6 Å². The molecule has 0 atom stereocenters. The van der Waals surface area contributed by atoms with Crippen LogP contribution in [0.4, 0.5) is 14.5 Å². The van der Waals surface area contributed by atoms with E-state index in [1.807, 2.05) is 0 Å². The van der Waals surface area contributed by atoms with Crippen molar-refractivity contribution < 1.29 is 21.9 Å². The maximum absolute atomic E-state index is 15.4. The van der Waals surface area contributed by atoms with Crippen LogP contribution in [0.1, 0.15) is 5.56 Å². The number of methoxy groups -OCH3 is 1. The standard InChI is InChI=1S/C18H12BrF2NO3S2/c1-25-11-6-8-12(9-7-11)27(23,24)22-15-10-16(19)26-17(15)13-4-2-3-5-14(13)18(22,20)21/h2-10H,1H3. The van der Waals surface area contributed by atoms with Crippen molar-refractivity contribution >= 4 is 43.0 Å². The van der Waals surface area contributed by atoms with Gasteiger partial charge in [0.25, 0.3) is 10.0 Å². The minimum absolute atomic E-state index is 0.0496. The Bertz CT molecular complexity index is 1130. The molecule has 1 aromatic heterocycles. The fraction of sp³-hybridized carbons (Fsp3) is 0.111. The quantitative estimate of drug-likeness (QED) is 0.477. The molecule has 0 radical (unpaired) electrons. The molecule has 2 aromatic carbocycles. The third kappa shape index (κ3) is 2.76. The fourth-order valence-corrected chi connectivity index (χ4v) is 6.20. The van der Waals surface area contributed by atoms with Crippen molar-refractivity contribution in [3.63, 3.8) is 0 Å². The van der Waals surface area contributed by atoms with E-state index in [0.29, 0.717) is 20.0 Å². The molecule has 1 aliphatic heterocycles. The number of anilines is 1. The number of rotatable bonds is 3. The highest BCUT2D eigenvalue weighted by molar-refractivity contribution is 9.11. The molecule has 0 amide bonds. The monoisotopic (exact) mass is 471 g/mol. The number of hydrogen-bond donors (Lipinski definition) is 0. The van der Waals surface area contributed by atoms with E-state index in [0.717, 1.165) is 0 Å². The Labute approximate surface area is 167 Å². The lowest BCUT2D eigenvalue weighted by Gasteiger charge is -2.36. The van der Waals surface area contributed by atoms with Gasteiger partial charge in [-0.15, -0.1) is 11.3 Å². The van der Waals surface area contributed by atoms with Gasteiger partial charge in [0.2, 0.25) is 0 Å².